The number of nitrogens with one attached hydrogen (secondary N) is 1. The standard InChI is InChI=1S/C30H36N2O4Si/c1-20(2)36-37(6,30(3,4)5)28(21-15-17-22(18-16-21)32(34)35)29(33)31-19-27-25-13-9-7-11-23(25)24-12-8-10-14-26(24)27/h7-18,20,27-28H,19H2,1-6H3,(H,31,33). The second-order valence-corrected chi connectivity index (χ2v) is 15.8. The van der Waals surface area contributed by atoms with Crippen LogP contribution < -0.4 is 5.32 Å². The van der Waals surface area contributed by atoms with Crippen LogP contribution in [0.25, 0.3) is 11.1 Å². The lowest BCUT2D eigenvalue weighted by atomic mass is 9.97. The van der Waals surface area contributed by atoms with E-state index < -0.39 is 18.8 Å². The number of amides is 1. The molecule has 3 aromatic rings. The molecule has 0 saturated carbocycles. The predicted molar refractivity (Wildman–Crippen MR) is 150 cm³/mol. The maximum Gasteiger partial charge on any atom is 0.269 e. The first kappa shape index (κ1) is 26.8. The Bertz CT molecular complexity index is 1250. The Morgan fingerprint density at radius 1 is 0.973 bits per heavy atom. The number of hydrogen-bond acceptors (Lipinski definition) is 4. The molecule has 7 heteroatoms. The highest BCUT2D eigenvalue weighted by atomic mass is 28.4. The average Bonchev–Trinajstić information content (AvgIpc) is 3.16. The van der Waals surface area contributed by atoms with Crippen molar-refractivity contribution < 1.29 is 14.1 Å². The van der Waals surface area contributed by atoms with E-state index in [1.807, 2.05) is 38.1 Å². The number of fused-ring (bicyclic) bond motifs is 3. The molecule has 0 radical (unpaired) electrons. The number of carbonyl (C=O) groups is 1. The molecule has 0 saturated heterocycles. The van der Waals surface area contributed by atoms with Gasteiger partial charge in [0, 0.05) is 30.7 Å². The molecule has 1 aliphatic rings. The van der Waals surface area contributed by atoms with E-state index in [1.165, 1.54) is 34.4 Å². The minimum absolute atomic E-state index is 0.00554. The largest absolute Gasteiger partial charge is 0.413 e. The van der Waals surface area contributed by atoms with Crippen LogP contribution >= 0.6 is 0 Å². The highest BCUT2D eigenvalue weighted by Crippen LogP contribution is 2.47. The number of benzene rings is 3. The zero-order chi connectivity index (χ0) is 27.0. The molecule has 0 spiro atoms. The van der Waals surface area contributed by atoms with Crippen molar-refractivity contribution in [3.63, 3.8) is 0 Å². The van der Waals surface area contributed by atoms with E-state index in [2.05, 4.69) is 56.9 Å². The van der Waals surface area contributed by atoms with Gasteiger partial charge in [-0.25, -0.2) is 0 Å². The van der Waals surface area contributed by atoms with Gasteiger partial charge in [0.1, 0.15) is 0 Å². The summed E-state index contributed by atoms with van der Waals surface area (Å²) >= 11 is 0. The van der Waals surface area contributed by atoms with Gasteiger partial charge in [0.25, 0.3) is 5.69 Å². The van der Waals surface area contributed by atoms with E-state index in [9.17, 15) is 14.9 Å². The molecule has 6 nitrogen and oxygen atoms in total. The maximum absolute atomic E-state index is 14.1. The summed E-state index contributed by atoms with van der Waals surface area (Å²) in [5, 5.41) is 14.3. The fourth-order valence-corrected chi connectivity index (χ4v) is 9.23. The zero-order valence-corrected chi connectivity index (χ0v) is 23.4. The molecule has 0 aliphatic heterocycles. The second-order valence-electron chi connectivity index (χ2n) is 11.3. The Morgan fingerprint density at radius 2 is 1.49 bits per heavy atom. The van der Waals surface area contributed by atoms with Crippen molar-refractivity contribution in [3.05, 3.63) is 99.6 Å². The summed E-state index contributed by atoms with van der Waals surface area (Å²) in [5.41, 5.74) is 5.06. The third kappa shape index (κ3) is 5.11. The lowest BCUT2D eigenvalue weighted by Gasteiger charge is -2.45. The summed E-state index contributed by atoms with van der Waals surface area (Å²) in [6.07, 6.45) is -0.0576. The van der Waals surface area contributed by atoms with E-state index in [4.69, 9.17) is 4.43 Å². The molecule has 37 heavy (non-hydrogen) atoms. The monoisotopic (exact) mass is 516 g/mol. The minimum atomic E-state index is -2.79. The second kappa shape index (κ2) is 10.2. The van der Waals surface area contributed by atoms with Crippen LogP contribution in [0.3, 0.4) is 0 Å². The van der Waals surface area contributed by atoms with Crippen molar-refractivity contribution in [3.8, 4) is 11.1 Å². The summed E-state index contributed by atoms with van der Waals surface area (Å²) in [6, 6.07) is 23.1. The van der Waals surface area contributed by atoms with Crippen molar-refractivity contribution in [1.82, 2.24) is 5.32 Å². The Hall–Kier alpha value is -3.29. The van der Waals surface area contributed by atoms with E-state index in [-0.39, 0.29) is 28.7 Å². The molecule has 194 valence electrons. The van der Waals surface area contributed by atoms with Crippen LogP contribution in [0.15, 0.2) is 72.8 Å². The van der Waals surface area contributed by atoms with Gasteiger partial charge >= 0.3 is 0 Å². The van der Waals surface area contributed by atoms with Crippen molar-refractivity contribution in [2.24, 2.45) is 0 Å². The van der Waals surface area contributed by atoms with Gasteiger partial charge in [-0.1, -0.05) is 81.4 Å². The summed E-state index contributed by atoms with van der Waals surface area (Å²) in [7, 11) is -2.79. The topological polar surface area (TPSA) is 81.5 Å². The third-order valence-corrected chi connectivity index (χ3v) is 13.3. The molecule has 4 rings (SSSR count). The van der Waals surface area contributed by atoms with Gasteiger partial charge in [-0.15, -0.1) is 0 Å². The van der Waals surface area contributed by atoms with Crippen LogP contribution in [0.2, 0.25) is 11.6 Å². The smallest absolute Gasteiger partial charge is 0.269 e. The van der Waals surface area contributed by atoms with Crippen LogP contribution in [-0.4, -0.2) is 31.8 Å². The van der Waals surface area contributed by atoms with E-state index in [0.29, 0.717) is 6.54 Å². The lowest BCUT2D eigenvalue weighted by molar-refractivity contribution is -0.384. The first-order chi connectivity index (χ1) is 17.4. The highest BCUT2D eigenvalue weighted by molar-refractivity contribution is 6.79. The Balaban J connectivity index is 1.70. The summed E-state index contributed by atoms with van der Waals surface area (Å²) in [6.45, 7) is 12.9. The molecule has 0 heterocycles. The molecule has 1 aliphatic carbocycles. The molecule has 2 atom stereocenters. The number of hydrogen-bond donors (Lipinski definition) is 1. The number of nitro benzene ring substituents is 1. The summed E-state index contributed by atoms with van der Waals surface area (Å²) < 4.78 is 6.65. The van der Waals surface area contributed by atoms with Crippen molar-refractivity contribution >= 4 is 19.9 Å². The van der Waals surface area contributed by atoms with E-state index in [0.717, 1.165) is 5.56 Å². The number of nitro groups is 1. The minimum Gasteiger partial charge on any atom is -0.413 e. The molecule has 3 aromatic carbocycles. The molecule has 1 N–H and O–H groups in total. The van der Waals surface area contributed by atoms with Crippen molar-refractivity contribution in [2.45, 2.75) is 63.8 Å². The fourth-order valence-electron chi connectivity index (χ4n) is 5.46. The van der Waals surface area contributed by atoms with Crippen LogP contribution in [0.4, 0.5) is 5.69 Å². The Morgan fingerprint density at radius 3 is 1.95 bits per heavy atom. The van der Waals surface area contributed by atoms with Gasteiger partial charge in [-0.2, -0.15) is 0 Å². The zero-order valence-electron chi connectivity index (χ0n) is 22.4. The maximum atomic E-state index is 14.1. The van der Waals surface area contributed by atoms with Gasteiger partial charge in [-0.3, -0.25) is 14.9 Å². The quantitative estimate of drug-likeness (QED) is 0.200. The van der Waals surface area contributed by atoms with Crippen LogP contribution in [0, 0.1) is 10.1 Å². The van der Waals surface area contributed by atoms with Gasteiger partial charge in [-0.05, 0) is 53.3 Å². The van der Waals surface area contributed by atoms with Crippen molar-refractivity contribution in [2.75, 3.05) is 6.54 Å². The van der Waals surface area contributed by atoms with Gasteiger partial charge in [0.15, 0.2) is 0 Å². The molecule has 0 bridgehead atoms. The highest BCUT2D eigenvalue weighted by Gasteiger charge is 2.53. The predicted octanol–water partition coefficient (Wildman–Crippen LogP) is 6.95. The van der Waals surface area contributed by atoms with Crippen LogP contribution in [-0.2, 0) is 9.22 Å². The van der Waals surface area contributed by atoms with Gasteiger partial charge in [0.05, 0.1) is 10.5 Å². The number of non-ortho nitro benzene ring substituents is 1. The van der Waals surface area contributed by atoms with E-state index in [1.54, 1.807) is 12.1 Å². The third-order valence-electron chi connectivity index (χ3n) is 7.66. The molecule has 0 fully saturated rings. The number of nitrogens with zero attached hydrogens (tertiary/aromatic N) is 1. The molecular formula is C30H36N2O4Si. The summed E-state index contributed by atoms with van der Waals surface area (Å²) in [4.78, 5) is 25.0. The number of rotatable bonds is 8. The Labute approximate surface area is 220 Å². The normalized spacial score (nSPS) is 15.5. The SMILES string of the molecule is CC(C)O[Si](C)(C(C(=O)NCC1c2ccccc2-c2ccccc21)c1ccc([N+](=O)[O-])cc1)C(C)(C)C. The van der Waals surface area contributed by atoms with E-state index >= 15 is 0 Å². The summed E-state index contributed by atoms with van der Waals surface area (Å²) in [5.74, 6) is -0.0390. The average molecular weight is 517 g/mol. The molecule has 1 amide bonds. The first-order valence-corrected chi connectivity index (χ1v) is 15.3. The molecule has 0 aromatic heterocycles. The van der Waals surface area contributed by atoms with Crippen LogP contribution in [0.5, 0.6) is 0 Å². The van der Waals surface area contributed by atoms with Crippen molar-refractivity contribution in [1.29, 1.82) is 0 Å². The van der Waals surface area contributed by atoms with Gasteiger partial charge < -0.3 is 9.74 Å². The number of carbonyl (C=O) groups excluding carboxylic acids is 1. The fraction of sp³-hybridized carbons (Fsp3) is 0.367. The first-order valence-electron chi connectivity index (χ1n) is 12.8. The Kier molecular flexibility index (Phi) is 7.40. The lowest BCUT2D eigenvalue weighted by Crippen LogP contribution is -2.56. The van der Waals surface area contributed by atoms with Crippen LogP contribution in [0.1, 0.15) is 62.8 Å². The van der Waals surface area contributed by atoms with Gasteiger partial charge in [0.2, 0.25) is 14.2 Å². The molecular weight excluding hydrogens is 480 g/mol. The molecule has 2 unspecified atom stereocenters.